The molecule has 0 amide bonds. The normalized spacial score (nSPS) is 16.4. The highest BCUT2D eigenvalue weighted by Gasteiger charge is 2.49. The molecule has 2 N–H and O–H groups in total. The first-order chi connectivity index (χ1) is 8.07. The van der Waals surface area contributed by atoms with Crippen molar-refractivity contribution < 1.29 is 14.6 Å². The molecular weight excluding hydrogens is 242 g/mol. The number of aliphatic carboxylic acids is 1. The molecule has 4 nitrogen and oxygen atoms in total. The molecule has 0 spiro atoms. The molecule has 0 atom stereocenters. The summed E-state index contributed by atoms with van der Waals surface area (Å²) in [6, 6.07) is 5.31. The van der Waals surface area contributed by atoms with E-state index in [-0.39, 0.29) is 0 Å². The Balaban J connectivity index is 2.00. The van der Waals surface area contributed by atoms with Gasteiger partial charge in [0.2, 0.25) is 0 Å². The van der Waals surface area contributed by atoms with E-state index in [9.17, 15) is 4.79 Å². The van der Waals surface area contributed by atoms with Gasteiger partial charge in [0.05, 0.1) is 17.5 Å². The molecule has 0 bridgehead atoms. The smallest absolute Gasteiger partial charge is 0.311 e. The van der Waals surface area contributed by atoms with Gasteiger partial charge in [-0.2, -0.15) is 0 Å². The van der Waals surface area contributed by atoms with Crippen LogP contribution in [-0.2, 0) is 4.79 Å². The van der Waals surface area contributed by atoms with Gasteiger partial charge in [-0.15, -0.1) is 0 Å². The highest BCUT2D eigenvalue weighted by atomic mass is 35.5. The summed E-state index contributed by atoms with van der Waals surface area (Å²) < 4.78 is 5.04. The van der Waals surface area contributed by atoms with Crippen LogP contribution in [0.2, 0.25) is 5.02 Å². The summed E-state index contributed by atoms with van der Waals surface area (Å²) in [4.78, 5) is 11.0. The van der Waals surface area contributed by atoms with Crippen LogP contribution in [0, 0.1) is 5.41 Å². The highest BCUT2D eigenvalue weighted by molar-refractivity contribution is 6.32. The molecular formula is C12H14ClNO3. The van der Waals surface area contributed by atoms with Crippen molar-refractivity contribution in [1.82, 2.24) is 0 Å². The summed E-state index contributed by atoms with van der Waals surface area (Å²) in [5.74, 6) is -0.124. The maximum absolute atomic E-state index is 11.0. The monoisotopic (exact) mass is 255 g/mol. The molecule has 17 heavy (non-hydrogen) atoms. The zero-order valence-electron chi connectivity index (χ0n) is 9.50. The molecule has 0 aliphatic heterocycles. The van der Waals surface area contributed by atoms with Gasteiger partial charge in [-0.05, 0) is 31.0 Å². The van der Waals surface area contributed by atoms with Crippen LogP contribution >= 0.6 is 11.6 Å². The Labute approximate surface area is 105 Å². The van der Waals surface area contributed by atoms with Crippen molar-refractivity contribution in [2.24, 2.45) is 5.41 Å². The second-order valence-electron chi connectivity index (χ2n) is 4.29. The number of carboxylic acid groups (broad SMARTS) is 1. The van der Waals surface area contributed by atoms with Crippen LogP contribution in [-0.4, -0.2) is 24.7 Å². The molecule has 1 fully saturated rings. The van der Waals surface area contributed by atoms with Gasteiger partial charge < -0.3 is 15.2 Å². The number of benzene rings is 1. The minimum Gasteiger partial charge on any atom is -0.495 e. The van der Waals surface area contributed by atoms with Gasteiger partial charge in [0, 0.05) is 12.2 Å². The van der Waals surface area contributed by atoms with E-state index in [1.807, 2.05) is 6.07 Å². The third kappa shape index (κ3) is 2.47. The first-order valence-corrected chi connectivity index (χ1v) is 5.76. The Hall–Kier alpha value is -1.42. The Morgan fingerprint density at radius 2 is 2.29 bits per heavy atom. The van der Waals surface area contributed by atoms with Crippen molar-refractivity contribution in [2.45, 2.75) is 12.8 Å². The zero-order valence-corrected chi connectivity index (χ0v) is 10.3. The van der Waals surface area contributed by atoms with Crippen molar-refractivity contribution in [2.75, 3.05) is 19.0 Å². The van der Waals surface area contributed by atoms with Crippen molar-refractivity contribution >= 4 is 23.3 Å². The fourth-order valence-corrected chi connectivity index (χ4v) is 1.92. The molecule has 2 rings (SSSR count). The Bertz CT molecular complexity index is 443. The van der Waals surface area contributed by atoms with Gasteiger partial charge in [-0.3, -0.25) is 4.79 Å². The van der Waals surface area contributed by atoms with Crippen molar-refractivity contribution in [1.29, 1.82) is 0 Å². The number of carboxylic acids is 1. The lowest BCUT2D eigenvalue weighted by Crippen LogP contribution is -2.24. The lowest BCUT2D eigenvalue weighted by molar-refractivity contribution is -0.142. The number of halogens is 1. The van der Waals surface area contributed by atoms with E-state index in [1.54, 1.807) is 19.2 Å². The molecule has 92 valence electrons. The van der Waals surface area contributed by atoms with Gasteiger partial charge in [-0.25, -0.2) is 0 Å². The second-order valence-corrected chi connectivity index (χ2v) is 4.70. The van der Waals surface area contributed by atoms with Gasteiger partial charge in [0.15, 0.2) is 0 Å². The molecule has 0 saturated heterocycles. The van der Waals surface area contributed by atoms with Crippen LogP contribution < -0.4 is 10.1 Å². The summed E-state index contributed by atoms with van der Waals surface area (Å²) in [5.41, 5.74) is 0.232. The van der Waals surface area contributed by atoms with Gasteiger partial charge >= 0.3 is 5.97 Å². The largest absolute Gasteiger partial charge is 0.495 e. The van der Waals surface area contributed by atoms with E-state index in [0.717, 1.165) is 18.5 Å². The number of nitrogens with one attached hydrogen (secondary N) is 1. The van der Waals surface area contributed by atoms with Crippen LogP contribution in [0.1, 0.15) is 12.8 Å². The van der Waals surface area contributed by atoms with E-state index in [1.165, 1.54) is 0 Å². The standard InChI is InChI=1S/C12H14ClNO3/c1-17-10-3-2-8(6-9(10)13)14-7-12(4-5-12)11(15)16/h2-3,6,14H,4-5,7H2,1H3,(H,15,16). The molecule has 0 radical (unpaired) electrons. The van der Waals surface area contributed by atoms with E-state index >= 15 is 0 Å². The van der Waals surface area contributed by atoms with Crippen LogP contribution in [0.25, 0.3) is 0 Å². The molecule has 1 aliphatic carbocycles. The second kappa shape index (κ2) is 4.45. The summed E-state index contributed by atoms with van der Waals surface area (Å²) in [6.45, 7) is 0.436. The molecule has 5 heteroatoms. The van der Waals surface area contributed by atoms with Crippen LogP contribution in [0.4, 0.5) is 5.69 Å². The van der Waals surface area contributed by atoms with Crippen molar-refractivity contribution in [3.05, 3.63) is 23.2 Å². The maximum atomic E-state index is 11.0. The molecule has 1 aromatic rings. The fourth-order valence-electron chi connectivity index (χ4n) is 1.66. The molecule has 1 saturated carbocycles. The predicted molar refractivity (Wildman–Crippen MR) is 65.8 cm³/mol. The Kier molecular flexibility index (Phi) is 3.15. The average molecular weight is 256 g/mol. The topological polar surface area (TPSA) is 58.6 Å². The average Bonchev–Trinajstić information content (AvgIpc) is 3.07. The van der Waals surface area contributed by atoms with Crippen molar-refractivity contribution in [3.63, 3.8) is 0 Å². The first kappa shape index (κ1) is 12.0. The summed E-state index contributed by atoms with van der Waals surface area (Å²) in [6.07, 6.45) is 1.47. The quantitative estimate of drug-likeness (QED) is 0.849. The van der Waals surface area contributed by atoms with E-state index in [4.69, 9.17) is 21.4 Å². The van der Waals surface area contributed by atoms with Gasteiger partial charge in [-0.1, -0.05) is 11.6 Å². The summed E-state index contributed by atoms with van der Waals surface area (Å²) in [5, 5.41) is 12.6. The number of ether oxygens (including phenoxy) is 1. The predicted octanol–water partition coefficient (Wildman–Crippen LogP) is 2.63. The Morgan fingerprint density at radius 3 is 2.76 bits per heavy atom. The van der Waals surface area contributed by atoms with Gasteiger partial charge in [0.1, 0.15) is 5.75 Å². The third-order valence-corrected chi connectivity index (χ3v) is 3.39. The fraction of sp³-hybridized carbons (Fsp3) is 0.417. The minimum atomic E-state index is -0.732. The number of hydrogen-bond donors (Lipinski definition) is 2. The number of rotatable bonds is 5. The summed E-state index contributed by atoms with van der Waals surface area (Å²) >= 11 is 5.98. The van der Waals surface area contributed by atoms with Crippen LogP contribution in [0.3, 0.4) is 0 Å². The van der Waals surface area contributed by atoms with Crippen LogP contribution in [0.15, 0.2) is 18.2 Å². The number of methoxy groups -OCH3 is 1. The van der Waals surface area contributed by atoms with E-state index < -0.39 is 11.4 Å². The Morgan fingerprint density at radius 1 is 1.59 bits per heavy atom. The highest BCUT2D eigenvalue weighted by Crippen LogP contribution is 2.45. The molecule has 0 unspecified atom stereocenters. The van der Waals surface area contributed by atoms with Crippen LogP contribution in [0.5, 0.6) is 5.75 Å². The van der Waals surface area contributed by atoms with E-state index in [0.29, 0.717) is 17.3 Å². The van der Waals surface area contributed by atoms with E-state index in [2.05, 4.69) is 5.32 Å². The minimum absolute atomic E-state index is 0.436. The lowest BCUT2D eigenvalue weighted by atomic mass is 10.1. The lowest BCUT2D eigenvalue weighted by Gasteiger charge is -2.13. The third-order valence-electron chi connectivity index (χ3n) is 3.09. The zero-order chi connectivity index (χ0) is 12.5. The molecule has 1 aliphatic rings. The number of hydrogen-bond acceptors (Lipinski definition) is 3. The number of anilines is 1. The molecule has 0 heterocycles. The number of carbonyl (C=O) groups is 1. The first-order valence-electron chi connectivity index (χ1n) is 5.38. The maximum Gasteiger partial charge on any atom is 0.311 e. The molecule has 0 aromatic heterocycles. The molecule has 1 aromatic carbocycles. The van der Waals surface area contributed by atoms with Gasteiger partial charge in [0.25, 0.3) is 0 Å². The van der Waals surface area contributed by atoms with Crippen molar-refractivity contribution in [3.8, 4) is 5.75 Å². The summed E-state index contributed by atoms with van der Waals surface area (Å²) in [7, 11) is 1.55. The SMILES string of the molecule is COc1ccc(NCC2(C(=O)O)CC2)cc1Cl.